The van der Waals surface area contributed by atoms with Crippen molar-refractivity contribution in [2.24, 2.45) is 0 Å². The van der Waals surface area contributed by atoms with Gasteiger partial charge in [-0.3, -0.25) is 0 Å². The molecule has 0 saturated heterocycles. The second-order valence-corrected chi connectivity index (χ2v) is 4.37. The van der Waals surface area contributed by atoms with Gasteiger partial charge in [0.2, 0.25) is 5.88 Å². The zero-order valence-corrected chi connectivity index (χ0v) is 10.5. The summed E-state index contributed by atoms with van der Waals surface area (Å²) in [6, 6.07) is 4.81. The van der Waals surface area contributed by atoms with E-state index in [1.807, 2.05) is 0 Å². The molecule has 0 aliphatic rings. The summed E-state index contributed by atoms with van der Waals surface area (Å²) in [6.07, 6.45) is 1.53. The van der Waals surface area contributed by atoms with Crippen molar-refractivity contribution in [1.29, 1.82) is 0 Å². The summed E-state index contributed by atoms with van der Waals surface area (Å²) >= 11 is 3.26. The molecule has 1 heterocycles. The Labute approximate surface area is 105 Å². The summed E-state index contributed by atoms with van der Waals surface area (Å²) in [5.74, 6) is -1.12. The van der Waals surface area contributed by atoms with Crippen molar-refractivity contribution in [3.63, 3.8) is 0 Å². The number of aromatic nitrogens is 1. The second kappa shape index (κ2) is 4.79. The van der Waals surface area contributed by atoms with E-state index < -0.39 is 11.6 Å². The van der Waals surface area contributed by atoms with Gasteiger partial charge in [0, 0.05) is 22.3 Å². The summed E-state index contributed by atoms with van der Waals surface area (Å²) in [5.41, 5.74) is 0.725. The van der Waals surface area contributed by atoms with Gasteiger partial charge in [0.25, 0.3) is 0 Å². The predicted octanol–water partition coefficient (Wildman–Crippen LogP) is 4.22. The molecule has 1 aromatic heterocycles. The Morgan fingerprint density at radius 1 is 1.24 bits per heavy atom. The first kappa shape index (κ1) is 12.0. The van der Waals surface area contributed by atoms with Gasteiger partial charge < -0.3 is 4.74 Å². The zero-order chi connectivity index (χ0) is 12.4. The Bertz CT molecular complexity index is 560. The molecule has 0 aliphatic heterocycles. The van der Waals surface area contributed by atoms with Gasteiger partial charge in [-0.15, -0.1) is 0 Å². The van der Waals surface area contributed by atoms with Crippen LogP contribution in [0.4, 0.5) is 8.78 Å². The maximum absolute atomic E-state index is 13.3. The molecule has 0 radical (unpaired) electrons. The molecular weight excluding hydrogens is 292 g/mol. The lowest BCUT2D eigenvalue weighted by atomic mass is 10.3. The van der Waals surface area contributed by atoms with Gasteiger partial charge in [0.1, 0.15) is 5.82 Å². The minimum Gasteiger partial charge on any atom is -0.436 e. The van der Waals surface area contributed by atoms with Crippen molar-refractivity contribution in [3.8, 4) is 11.6 Å². The zero-order valence-electron chi connectivity index (χ0n) is 8.88. The molecule has 0 spiro atoms. The maximum atomic E-state index is 13.3. The van der Waals surface area contributed by atoms with Crippen LogP contribution >= 0.6 is 15.9 Å². The number of ether oxygens (including phenoxy) is 1. The highest BCUT2D eigenvalue weighted by Crippen LogP contribution is 2.27. The largest absolute Gasteiger partial charge is 0.436 e. The first-order valence-corrected chi connectivity index (χ1v) is 5.60. The molecular formula is C12H8BrF2NO. The minimum atomic E-state index is -0.629. The van der Waals surface area contributed by atoms with E-state index in [9.17, 15) is 8.78 Å². The normalized spacial score (nSPS) is 10.4. The molecule has 5 heteroatoms. The fourth-order valence-corrected chi connectivity index (χ4v) is 1.74. The van der Waals surface area contributed by atoms with Gasteiger partial charge in [-0.2, -0.15) is 0 Å². The van der Waals surface area contributed by atoms with Crippen LogP contribution in [0.25, 0.3) is 0 Å². The number of aryl methyl sites for hydroxylation is 1. The Hall–Kier alpha value is -1.49. The maximum Gasteiger partial charge on any atom is 0.222 e. The summed E-state index contributed by atoms with van der Waals surface area (Å²) in [6.45, 7) is 1.77. The van der Waals surface area contributed by atoms with E-state index in [-0.39, 0.29) is 11.6 Å². The van der Waals surface area contributed by atoms with Crippen molar-refractivity contribution in [2.75, 3.05) is 0 Å². The van der Waals surface area contributed by atoms with E-state index in [1.165, 1.54) is 6.20 Å². The number of rotatable bonds is 2. The van der Waals surface area contributed by atoms with Crippen LogP contribution in [-0.4, -0.2) is 4.98 Å². The fraction of sp³-hybridized carbons (Fsp3) is 0.0833. The Morgan fingerprint density at radius 2 is 2.00 bits per heavy atom. The molecule has 88 valence electrons. The van der Waals surface area contributed by atoms with E-state index in [1.54, 1.807) is 13.0 Å². The molecule has 17 heavy (non-hydrogen) atoms. The Kier molecular flexibility index (Phi) is 3.38. The Morgan fingerprint density at radius 3 is 2.71 bits per heavy atom. The van der Waals surface area contributed by atoms with E-state index in [4.69, 9.17) is 4.74 Å². The standard InChI is InChI=1S/C12H8BrF2NO/c1-7-4-8(13)6-16-12(7)17-11-5-9(14)2-3-10(11)15/h2-6H,1H3. The topological polar surface area (TPSA) is 22.1 Å². The average Bonchev–Trinajstić information content (AvgIpc) is 2.27. The Balaban J connectivity index is 2.34. The third-order valence-corrected chi connectivity index (χ3v) is 2.53. The molecule has 0 unspecified atom stereocenters. The van der Waals surface area contributed by atoms with Gasteiger partial charge in [-0.1, -0.05) is 0 Å². The van der Waals surface area contributed by atoms with Crippen LogP contribution in [0.3, 0.4) is 0 Å². The van der Waals surface area contributed by atoms with Crippen molar-refractivity contribution in [2.45, 2.75) is 6.92 Å². The highest BCUT2D eigenvalue weighted by molar-refractivity contribution is 9.10. The van der Waals surface area contributed by atoms with Gasteiger partial charge in [-0.25, -0.2) is 13.8 Å². The minimum absolute atomic E-state index is 0.178. The highest BCUT2D eigenvalue weighted by atomic mass is 79.9. The lowest BCUT2D eigenvalue weighted by Gasteiger charge is -2.08. The van der Waals surface area contributed by atoms with E-state index >= 15 is 0 Å². The highest BCUT2D eigenvalue weighted by Gasteiger charge is 2.09. The first-order valence-electron chi connectivity index (χ1n) is 4.81. The number of benzene rings is 1. The SMILES string of the molecule is Cc1cc(Br)cnc1Oc1cc(F)ccc1F. The van der Waals surface area contributed by atoms with Crippen molar-refractivity contribution < 1.29 is 13.5 Å². The smallest absolute Gasteiger partial charge is 0.222 e. The van der Waals surface area contributed by atoms with Gasteiger partial charge in [0.05, 0.1) is 0 Å². The van der Waals surface area contributed by atoms with Crippen LogP contribution < -0.4 is 4.74 Å². The molecule has 0 amide bonds. The number of pyridine rings is 1. The van der Waals surface area contributed by atoms with Gasteiger partial charge >= 0.3 is 0 Å². The van der Waals surface area contributed by atoms with E-state index in [0.717, 1.165) is 28.2 Å². The summed E-state index contributed by atoms with van der Waals surface area (Å²) in [7, 11) is 0. The molecule has 2 rings (SSSR count). The van der Waals surface area contributed by atoms with Crippen LogP contribution in [0.15, 0.2) is 34.9 Å². The molecule has 1 aromatic carbocycles. The van der Waals surface area contributed by atoms with Gasteiger partial charge in [-0.05, 0) is 41.1 Å². The first-order chi connectivity index (χ1) is 8.06. The van der Waals surface area contributed by atoms with E-state index in [2.05, 4.69) is 20.9 Å². The quantitative estimate of drug-likeness (QED) is 0.828. The molecule has 0 aliphatic carbocycles. The molecule has 0 atom stereocenters. The second-order valence-electron chi connectivity index (χ2n) is 3.45. The average molecular weight is 300 g/mol. The van der Waals surface area contributed by atoms with Crippen LogP contribution in [0.5, 0.6) is 11.6 Å². The van der Waals surface area contributed by atoms with Crippen molar-refractivity contribution in [3.05, 3.63) is 52.1 Å². The van der Waals surface area contributed by atoms with Crippen LogP contribution in [-0.2, 0) is 0 Å². The molecule has 2 nitrogen and oxygen atoms in total. The van der Waals surface area contributed by atoms with Crippen molar-refractivity contribution in [1.82, 2.24) is 4.98 Å². The number of hydrogen-bond donors (Lipinski definition) is 0. The molecule has 0 fully saturated rings. The fourth-order valence-electron chi connectivity index (χ4n) is 1.29. The molecule has 2 aromatic rings. The molecule has 0 bridgehead atoms. The number of halogens is 3. The van der Waals surface area contributed by atoms with Crippen molar-refractivity contribution >= 4 is 15.9 Å². The summed E-state index contributed by atoms with van der Waals surface area (Å²) in [4.78, 5) is 3.99. The monoisotopic (exact) mass is 299 g/mol. The number of hydrogen-bond acceptors (Lipinski definition) is 2. The van der Waals surface area contributed by atoms with Crippen LogP contribution in [0, 0.1) is 18.6 Å². The van der Waals surface area contributed by atoms with Crippen LogP contribution in [0.2, 0.25) is 0 Å². The van der Waals surface area contributed by atoms with Gasteiger partial charge in [0.15, 0.2) is 11.6 Å². The molecule has 0 N–H and O–H groups in total. The lowest BCUT2D eigenvalue weighted by Crippen LogP contribution is -1.94. The predicted molar refractivity (Wildman–Crippen MR) is 63.1 cm³/mol. The summed E-state index contributed by atoms with van der Waals surface area (Å²) in [5, 5.41) is 0. The third kappa shape index (κ3) is 2.79. The molecule has 0 saturated carbocycles. The number of nitrogens with zero attached hydrogens (tertiary/aromatic N) is 1. The lowest BCUT2D eigenvalue weighted by molar-refractivity contribution is 0.419. The third-order valence-electron chi connectivity index (χ3n) is 2.10. The summed E-state index contributed by atoms with van der Waals surface area (Å²) < 4.78 is 32.3. The van der Waals surface area contributed by atoms with Crippen LogP contribution in [0.1, 0.15) is 5.56 Å². The van der Waals surface area contributed by atoms with E-state index in [0.29, 0.717) is 0 Å².